The number of para-hydroxylation sites is 2. The van der Waals surface area contributed by atoms with E-state index in [9.17, 15) is 4.79 Å². The Labute approximate surface area is 148 Å². The highest BCUT2D eigenvalue weighted by molar-refractivity contribution is 5.93. The van der Waals surface area contributed by atoms with E-state index in [2.05, 4.69) is 25.7 Å². The van der Waals surface area contributed by atoms with Crippen molar-refractivity contribution in [3.63, 3.8) is 0 Å². The summed E-state index contributed by atoms with van der Waals surface area (Å²) < 4.78 is 7.13. The number of carbonyl (C=O) groups is 1. The number of anilines is 3. The molecular weight excluding hydrogens is 332 g/mol. The van der Waals surface area contributed by atoms with Crippen LogP contribution in [0.15, 0.2) is 65.6 Å². The molecule has 0 aliphatic rings. The number of fused-ring (bicyclic) bond motifs is 1. The topological polar surface area (TPSA) is 97.9 Å². The van der Waals surface area contributed by atoms with Crippen LogP contribution in [0, 0.1) is 0 Å². The summed E-state index contributed by atoms with van der Waals surface area (Å²) in [4.78, 5) is 20.5. The Morgan fingerprint density at radius 2 is 1.88 bits per heavy atom. The number of amides is 1. The van der Waals surface area contributed by atoms with Crippen LogP contribution in [0.1, 0.15) is 13.0 Å². The van der Waals surface area contributed by atoms with E-state index in [1.807, 2.05) is 36.4 Å². The molecule has 2 N–H and O–H groups in total. The van der Waals surface area contributed by atoms with Crippen LogP contribution in [0.25, 0.3) is 11.1 Å². The van der Waals surface area contributed by atoms with E-state index in [0.717, 1.165) is 16.8 Å². The maximum atomic E-state index is 12.2. The van der Waals surface area contributed by atoms with Gasteiger partial charge in [-0.1, -0.05) is 12.1 Å². The SMILES string of the molecule is C[C@@H](C(=O)Nc1ccc(Nc2nc3ccccc3o2)cc1)n1cncn1. The maximum Gasteiger partial charge on any atom is 0.300 e. The largest absolute Gasteiger partial charge is 0.423 e. The normalized spacial score (nSPS) is 12.0. The van der Waals surface area contributed by atoms with Crippen molar-refractivity contribution in [1.82, 2.24) is 19.7 Å². The number of hydrogen-bond acceptors (Lipinski definition) is 6. The Balaban J connectivity index is 1.42. The third kappa shape index (κ3) is 3.25. The van der Waals surface area contributed by atoms with Crippen molar-refractivity contribution in [3.05, 3.63) is 61.2 Å². The van der Waals surface area contributed by atoms with E-state index < -0.39 is 6.04 Å². The van der Waals surface area contributed by atoms with Gasteiger partial charge in [0, 0.05) is 11.4 Å². The first-order chi connectivity index (χ1) is 12.7. The molecule has 0 spiro atoms. The molecule has 0 radical (unpaired) electrons. The summed E-state index contributed by atoms with van der Waals surface area (Å²) >= 11 is 0. The average molecular weight is 348 g/mol. The van der Waals surface area contributed by atoms with Crippen LogP contribution in [0.5, 0.6) is 0 Å². The van der Waals surface area contributed by atoms with Crippen molar-refractivity contribution in [2.75, 3.05) is 10.6 Å². The second-order valence-corrected chi connectivity index (χ2v) is 5.73. The van der Waals surface area contributed by atoms with E-state index in [1.54, 1.807) is 19.1 Å². The van der Waals surface area contributed by atoms with Gasteiger partial charge in [-0.2, -0.15) is 10.1 Å². The van der Waals surface area contributed by atoms with Crippen molar-refractivity contribution in [3.8, 4) is 0 Å². The van der Waals surface area contributed by atoms with Gasteiger partial charge in [-0.05, 0) is 43.3 Å². The van der Waals surface area contributed by atoms with Crippen molar-refractivity contribution in [2.24, 2.45) is 0 Å². The molecule has 2 aromatic heterocycles. The van der Waals surface area contributed by atoms with Gasteiger partial charge < -0.3 is 15.1 Å². The van der Waals surface area contributed by atoms with Crippen molar-refractivity contribution < 1.29 is 9.21 Å². The van der Waals surface area contributed by atoms with Gasteiger partial charge in [-0.15, -0.1) is 0 Å². The predicted molar refractivity (Wildman–Crippen MR) is 97.1 cm³/mol. The number of hydrogen-bond donors (Lipinski definition) is 2. The molecule has 26 heavy (non-hydrogen) atoms. The van der Waals surface area contributed by atoms with E-state index in [4.69, 9.17) is 4.42 Å². The molecule has 8 heteroatoms. The van der Waals surface area contributed by atoms with E-state index in [-0.39, 0.29) is 5.91 Å². The van der Waals surface area contributed by atoms with E-state index >= 15 is 0 Å². The van der Waals surface area contributed by atoms with Crippen LogP contribution in [0.4, 0.5) is 17.4 Å². The zero-order valence-corrected chi connectivity index (χ0v) is 14.0. The number of nitrogens with one attached hydrogen (secondary N) is 2. The third-order valence-corrected chi connectivity index (χ3v) is 3.91. The zero-order chi connectivity index (χ0) is 17.9. The molecular formula is C18H16N6O2. The fraction of sp³-hybridized carbons (Fsp3) is 0.111. The van der Waals surface area contributed by atoms with Gasteiger partial charge in [-0.3, -0.25) is 4.79 Å². The fourth-order valence-corrected chi connectivity index (χ4v) is 2.47. The molecule has 0 aliphatic heterocycles. The van der Waals surface area contributed by atoms with Crippen LogP contribution in [0.2, 0.25) is 0 Å². The lowest BCUT2D eigenvalue weighted by Gasteiger charge is -2.12. The quantitative estimate of drug-likeness (QED) is 0.574. The molecule has 1 amide bonds. The molecule has 0 saturated carbocycles. The van der Waals surface area contributed by atoms with Crippen LogP contribution >= 0.6 is 0 Å². The first-order valence-electron chi connectivity index (χ1n) is 8.07. The first-order valence-corrected chi connectivity index (χ1v) is 8.07. The lowest BCUT2D eigenvalue weighted by atomic mass is 10.2. The predicted octanol–water partition coefficient (Wildman–Crippen LogP) is 3.36. The van der Waals surface area contributed by atoms with E-state index in [1.165, 1.54) is 17.3 Å². The summed E-state index contributed by atoms with van der Waals surface area (Å²) in [6.45, 7) is 1.76. The highest BCUT2D eigenvalue weighted by atomic mass is 16.4. The summed E-state index contributed by atoms with van der Waals surface area (Å²) in [7, 11) is 0. The second-order valence-electron chi connectivity index (χ2n) is 5.73. The highest BCUT2D eigenvalue weighted by Crippen LogP contribution is 2.23. The summed E-state index contributed by atoms with van der Waals surface area (Å²) in [5, 5.41) is 9.93. The van der Waals surface area contributed by atoms with Gasteiger partial charge in [0.05, 0.1) is 0 Å². The molecule has 2 heterocycles. The lowest BCUT2D eigenvalue weighted by molar-refractivity contribution is -0.119. The summed E-state index contributed by atoms with van der Waals surface area (Å²) in [5.74, 6) is -0.171. The minimum atomic E-state index is -0.449. The Morgan fingerprint density at radius 3 is 2.62 bits per heavy atom. The molecule has 0 bridgehead atoms. The Kier molecular flexibility index (Phi) is 4.06. The standard InChI is InChI=1S/C18H16N6O2/c1-12(24-11-19-10-20-24)17(25)21-13-6-8-14(9-7-13)22-18-23-15-4-2-3-5-16(15)26-18/h2-12H,1H3,(H,21,25)(H,22,23)/t12-/m0/s1. The lowest BCUT2D eigenvalue weighted by Crippen LogP contribution is -2.23. The van der Waals surface area contributed by atoms with Gasteiger partial charge in [0.25, 0.3) is 6.01 Å². The number of rotatable bonds is 5. The Morgan fingerprint density at radius 1 is 1.12 bits per heavy atom. The average Bonchev–Trinajstić information content (AvgIpc) is 3.31. The van der Waals surface area contributed by atoms with Crippen molar-refractivity contribution in [1.29, 1.82) is 0 Å². The summed E-state index contributed by atoms with van der Waals surface area (Å²) in [6, 6.07) is 14.8. The van der Waals surface area contributed by atoms with E-state index in [0.29, 0.717) is 11.7 Å². The van der Waals surface area contributed by atoms with Gasteiger partial charge in [0.1, 0.15) is 24.2 Å². The van der Waals surface area contributed by atoms with Gasteiger partial charge in [0.15, 0.2) is 5.58 Å². The number of nitrogens with zero attached hydrogens (tertiary/aromatic N) is 4. The summed E-state index contributed by atoms with van der Waals surface area (Å²) in [6.07, 6.45) is 2.91. The van der Waals surface area contributed by atoms with Crippen LogP contribution in [-0.4, -0.2) is 25.7 Å². The number of carbonyl (C=O) groups excluding carboxylic acids is 1. The molecule has 2 aromatic carbocycles. The molecule has 4 rings (SSSR count). The zero-order valence-electron chi connectivity index (χ0n) is 14.0. The van der Waals surface area contributed by atoms with Crippen LogP contribution < -0.4 is 10.6 Å². The van der Waals surface area contributed by atoms with Crippen molar-refractivity contribution in [2.45, 2.75) is 13.0 Å². The molecule has 0 aliphatic carbocycles. The molecule has 8 nitrogen and oxygen atoms in total. The molecule has 130 valence electrons. The maximum absolute atomic E-state index is 12.2. The minimum absolute atomic E-state index is 0.171. The third-order valence-electron chi connectivity index (χ3n) is 3.91. The number of oxazole rings is 1. The second kappa shape index (κ2) is 6.67. The fourth-order valence-electron chi connectivity index (χ4n) is 2.47. The smallest absolute Gasteiger partial charge is 0.300 e. The molecule has 0 saturated heterocycles. The Bertz CT molecular complexity index is 990. The number of benzene rings is 2. The van der Waals surface area contributed by atoms with Crippen molar-refractivity contribution >= 4 is 34.4 Å². The molecule has 0 unspecified atom stereocenters. The highest BCUT2D eigenvalue weighted by Gasteiger charge is 2.15. The minimum Gasteiger partial charge on any atom is -0.423 e. The Hall–Kier alpha value is -3.68. The van der Waals surface area contributed by atoms with Gasteiger partial charge in [0.2, 0.25) is 5.91 Å². The van der Waals surface area contributed by atoms with Crippen LogP contribution in [0.3, 0.4) is 0 Å². The van der Waals surface area contributed by atoms with Gasteiger partial charge in [-0.25, -0.2) is 9.67 Å². The van der Waals surface area contributed by atoms with Crippen LogP contribution in [-0.2, 0) is 4.79 Å². The molecule has 0 fully saturated rings. The monoisotopic (exact) mass is 348 g/mol. The molecule has 4 aromatic rings. The molecule has 1 atom stereocenters. The van der Waals surface area contributed by atoms with Gasteiger partial charge >= 0.3 is 0 Å². The first kappa shape index (κ1) is 15.8. The summed E-state index contributed by atoms with van der Waals surface area (Å²) in [5.41, 5.74) is 3.01. The number of aromatic nitrogens is 4.